The normalized spacial score (nSPS) is 13.1. The van der Waals surface area contributed by atoms with Gasteiger partial charge in [0.15, 0.2) is 6.04 Å². The van der Waals surface area contributed by atoms with Crippen molar-refractivity contribution in [2.75, 3.05) is 33.5 Å². The van der Waals surface area contributed by atoms with Gasteiger partial charge in [-0.15, -0.1) is 6.58 Å². The molecule has 0 saturated carbocycles. The SMILES string of the molecule is C=CCOCC(NC(=O)CCC(C)CNC(=O)C(Cc1ccc(OCC=C)cc1)NC(=O)OC(C)(C)C)C(=O)OC. The lowest BCUT2D eigenvalue weighted by Crippen LogP contribution is -2.50. The summed E-state index contributed by atoms with van der Waals surface area (Å²) in [5.41, 5.74) is 0.0868. The molecule has 0 radical (unpaired) electrons. The lowest BCUT2D eigenvalue weighted by molar-refractivity contribution is -0.146. The minimum Gasteiger partial charge on any atom is -0.490 e. The Balaban J connectivity index is 2.72. The van der Waals surface area contributed by atoms with Crippen LogP contribution in [0.25, 0.3) is 0 Å². The number of alkyl carbamates (subject to hydrolysis) is 1. The predicted octanol–water partition coefficient (Wildman–Crippen LogP) is 3.08. The first kappa shape index (κ1) is 35.2. The third-order valence-corrected chi connectivity index (χ3v) is 5.57. The summed E-state index contributed by atoms with van der Waals surface area (Å²) in [5.74, 6) is -0.739. The van der Waals surface area contributed by atoms with E-state index in [9.17, 15) is 19.2 Å². The lowest BCUT2D eigenvalue weighted by Gasteiger charge is -2.24. The number of methoxy groups -OCH3 is 1. The highest BCUT2D eigenvalue weighted by molar-refractivity contribution is 5.86. The van der Waals surface area contributed by atoms with Crippen molar-refractivity contribution in [2.24, 2.45) is 5.92 Å². The van der Waals surface area contributed by atoms with Gasteiger partial charge in [0.1, 0.15) is 24.0 Å². The number of rotatable bonds is 18. The smallest absolute Gasteiger partial charge is 0.408 e. The van der Waals surface area contributed by atoms with E-state index in [2.05, 4.69) is 29.1 Å². The van der Waals surface area contributed by atoms with E-state index >= 15 is 0 Å². The van der Waals surface area contributed by atoms with Crippen molar-refractivity contribution in [1.29, 1.82) is 0 Å². The monoisotopic (exact) mass is 575 g/mol. The van der Waals surface area contributed by atoms with Crippen molar-refractivity contribution < 1.29 is 38.1 Å². The van der Waals surface area contributed by atoms with E-state index < -0.39 is 29.7 Å². The Morgan fingerprint density at radius 1 is 0.976 bits per heavy atom. The largest absolute Gasteiger partial charge is 0.490 e. The van der Waals surface area contributed by atoms with Crippen molar-refractivity contribution in [3.05, 3.63) is 55.1 Å². The van der Waals surface area contributed by atoms with Crippen LogP contribution < -0.4 is 20.7 Å². The highest BCUT2D eigenvalue weighted by Gasteiger charge is 2.26. The molecule has 3 N–H and O–H groups in total. The summed E-state index contributed by atoms with van der Waals surface area (Å²) in [6.07, 6.45) is 3.29. The summed E-state index contributed by atoms with van der Waals surface area (Å²) < 4.78 is 20.8. The topological polar surface area (TPSA) is 141 Å². The maximum atomic E-state index is 13.1. The van der Waals surface area contributed by atoms with Crippen LogP contribution in [0.2, 0.25) is 0 Å². The van der Waals surface area contributed by atoms with E-state index in [1.54, 1.807) is 39.0 Å². The molecule has 11 heteroatoms. The van der Waals surface area contributed by atoms with Crippen LogP contribution in [0, 0.1) is 5.92 Å². The lowest BCUT2D eigenvalue weighted by atomic mass is 10.0. The fraction of sp³-hybridized carbons (Fsp3) is 0.533. The molecule has 3 amide bonds. The van der Waals surface area contributed by atoms with Crippen molar-refractivity contribution in [3.63, 3.8) is 0 Å². The summed E-state index contributed by atoms with van der Waals surface area (Å²) in [6.45, 7) is 15.1. The molecule has 0 spiro atoms. The Labute approximate surface area is 243 Å². The van der Waals surface area contributed by atoms with Crippen molar-refractivity contribution >= 4 is 23.9 Å². The van der Waals surface area contributed by atoms with Gasteiger partial charge in [-0.1, -0.05) is 37.8 Å². The number of esters is 1. The number of ether oxygens (including phenoxy) is 4. The molecule has 0 aliphatic heterocycles. The molecule has 11 nitrogen and oxygen atoms in total. The molecule has 1 aromatic carbocycles. The molecular weight excluding hydrogens is 530 g/mol. The van der Waals surface area contributed by atoms with E-state index in [0.717, 1.165) is 5.56 Å². The van der Waals surface area contributed by atoms with E-state index in [-0.39, 0.29) is 50.3 Å². The summed E-state index contributed by atoms with van der Waals surface area (Å²) in [7, 11) is 1.23. The van der Waals surface area contributed by atoms with E-state index in [4.69, 9.17) is 18.9 Å². The zero-order chi connectivity index (χ0) is 30.8. The van der Waals surface area contributed by atoms with Crippen LogP contribution in [0.4, 0.5) is 4.79 Å². The summed E-state index contributed by atoms with van der Waals surface area (Å²) in [4.78, 5) is 49.9. The third-order valence-electron chi connectivity index (χ3n) is 5.57. The van der Waals surface area contributed by atoms with E-state index in [0.29, 0.717) is 18.8 Å². The molecule has 1 rings (SSSR count). The highest BCUT2D eigenvalue weighted by atomic mass is 16.6. The molecule has 3 atom stereocenters. The number of hydrogen-bond acceptors (Lipinski definition) is 8. The predicted molar refractivity (Wildman–Crippen MR) is 155 cm³/mol. The van der Waals surface area contributed by atoms with E-state index in [1.807, 2.05) is 19.1 Å². The molecule has 0 saturated heterocycles. The summed E-state index contributed by atoms with van der Waals surface area (Å²) in [6, 6.07) is 5.39. The minimum absolute atomic E-state index is 0.0351. The number of amides is 3. The Hall–Kier alpha value is -3.86. The van der Waals surface area contributed by atoms with Gasteiger partial charge in [0, 0.05) is 19.4 Å². The van der Waals surface area contributed by atoms with Gasteiger partial charge in [-0.05, 0) is 50.8 Å². The second-order valence-corrected chi connectivity index (χ2v) is 10.5. The Morgan fingerprint density at radius 3 is 2.22 bits per heavy atom. The number of carbonyl (C=O) groups is 4. The van der Waals surface area contributed by atoms with Crippen LogP contribution in [0.15, 0.2) is 49.6 Å². The first-order chi connectivity index (χ1) is 19.4. The van der Waals surface area contributed by atoms with Gasteiger partial charge in [-0.25, -0.2) is 9.59 Å². The van der Waals surface area contributed by atoms with Crippen molar-refractivity contribution in [1.82, 2.24) is 16.0 Å². The van der Waals surface area contributed by atoms with Gasteiger partial charge in [0.2, 0.25) is 11.8 Å². The molecular formula is C30H45N3O8. The van der Waals surface area contributed by atoms with Crippen molar-refractivity contribution in [2.45, 2.75) is 64.6 Å². The van der Waals surface area contributed by atoms with Gasteiger partial charge in [-0.2, -0.15) is 0 Å². The van der Waals surface area contributed by atoms with E-state index in [1.165, 1.54) is 13.2 Å². The first-order valence-electron chi connectivity index (χ1n) is 13.5. The second-order valence-electron chi connectivity index (χ2n) is 10.5. The van der Waals surface area contributed by atoms with Gasteiger partial charge < -0.3 is 34.9 Å². The maximum absolute atomic E-state index is 13.1. The molecule has 3 unspecified atom stereocenters. The minimum atomic E-state index is -0.926. The zero-order valence-corrected chi connectivity index (χ0v) is 24.8. The molecule has 0 heterocycles. The van der Waals surface area contributed by atoms with Gasteiger partial charge in [0.05, 0.1) is 20.3 Å². The first-order valence-corrected chi connectivity index (χ1v) is 13.5. The average molecular weight is 576 g/mol. The van der Waals surface area contributed by atoms with Crippen LogP contribution in [0.1, 0.15) is 46.1 Å². The summed E-state index contributed by atoms with van der Waals surface area (Å²) in [5, 5.41) is 8.13. The Kier molecular flexibility index (Phi) is 15.9. The molecule has 1 aromatic rings. The van der Waals surface area contributed by atoms with Gasteiger partial charge in [-0.3, -0.25) is 9.59 Å². The second kappa shape index (κ2) is 18.5. The fourth-order valence-electron chi connectivity index (χ4n) is 3.50. The standard InChI is InChI=1S/C30H45N3O8/c1-8-16-39-20-25(28(36)38-7)32-26(34)15-10-21(3)19-31-27(35)24(33-29(37)41-30(4,5)6)18-22-11-13-23(14-12-22)40-17-9-2/h8-9,11-14,21,24-25H,1-2,10,15-20H2,3-7H3,(H,31,35)(H,32,34)(H,33,37). The van der Waals surface area contributed by atoms with Gasteiger partial charge in [0.25, 0.3) is 0 Å². The van der Waals surface area contributed by atoms with Crippen molar-refractivity contribution in [3.8, 4) is 5.75 Å². The molecule has 228 valence electrons. The molecule has 0 fully saturated rings. The quantitative estimate of drug-likeness (QED) is 0.138. The fourth-order valence-corrected chi connectivity index (χ4v) is 3.50. The highest BCUT2D eigenvalue weighted by Crippen LogP contribution is 2.15. The molecule has 41 heavy (non-hydrogen) atoms. The van der Waals surface area contributed by atoms with Crippen LogP contribution >= 0.6 is 0 Å². The Bertz CT molecular complexity index is 1000. The third kappa shape index (κ3) is 15.5. The molecule has 0 bridgehead atoms. The molecule has 0 aromatic heterocycles. The average Bonchev–Trinajstić information content (AvgIpc) is 2.92. The maximum Gasteiger partial charge on any atom is 0.408 e. The van der Waals surface area contributed by atoms with Crippen LogP contribution in [-0.2, 0) is 35.0 Å². The van der Waals surface area contributed by atoms with Crippen LogP contribution in [-0.4, -0.2) is 75.0 Å². The van der Waals surface area contributed by atoms with Gasteiger partial charge >= 0.3 is 12.1 Å². The molecule has 0 aliphatic carbocycles. The van der Waals surface area contributed by atoms with Crippen LogP contribution in [0.3, 0.4) is 0 Å². The number of nitrogens with one attached hydrogen (secondary N) is 3. The molecule has 0 aliphatic rings. The number of hydrogen-bond donors (Lipinski definition) is 3. The number of benzene rings is 1. The van der Waals surface area contributed by atoms with Crippen LogP contribution in [0.5, 0.6) is 5.75 Å². The Morgan fingerprint density at radius 2 is 1.63 bits per heavy atom. The number of carbonyl (C=O) groups excluding carboxylic acids is 4. The summed E-state index contributed by atoms with van der Waals surface area (Å²) >= 11 is 0. The zero-order valence-electron chi connectivity index (χ0n) is 24.8.